The van der Waals surface area contributed by atoms with E-state index in [-0.39, 0.29) is 5.91 Å². The number of rotatable bonds is 5. The van der Waals surface area contributed by atoms with Gasteiger partial charge in [0.05, 0.1) is 4.88 Å². The number of nitrogens with one attached hydrogen (secondary N) is 1. The minimum atomic E-state index is 0.0367. The Morgan fingerprint density at radius 2 is 2.41 bits per heavy atom. The topological polar surface area (TPSA) is 59.8 Å². The van der Waals surface area contributed by atoms with E-state index in [4.69, 9.17) is 0 Å². The Labute approximate surface area is 134 Å². The molecule has 3 rings (SSSR count). The predicted molar refractivity (Wildman–Crippen MR) is 87.2 cm³/mol. The van der Waals surface area contributed by atoms with Crippen LogP contribution in [0.25, 0.3) is 0 Å². The zero-order valence-corrected chi connectivity index (χ0v) is 13.9. The van der Waals surface area contributed by atoms with Crippen LogP contribution in [0.15, 0.2) is 12.4 Å². The molecule has 2 heterocycles. The maximum Gasteiger partial charge on any atom is 0.261 e. The summed E-state index contributed by atoms with van der Waals surface area (Å²) in [5.74, 6) is 1.69. The van der Waals surface area contributed by atoms with Crippen molar-refractivity contribution in [2.75, 3.05) is 6.54 Å². The summed E-state index contributed by atoms with van der Waals surface area (Å²) in [6.07, 6.45) is 5.90. The molecule has 1 N–H and O–H groups in total. The summed E-state index contributed by atoms with van der Waals surface area (Å²) in [4.78, 5) is 14.5. The number of nitrogens with zero attached hydrogens (tertiary/aromatic N) is 3. The molecule has 0 spiro atoms. The standard InChI is InChI=1S/C16H22N4OS/c1-3-20-10-18-19-15(20)6-7-17-16(21)14-9-12-8-11(2)4-5-13(12)22-14/h9-11H,3-8H2,1-2H3,(H,17,21). The fraction of sp³-hybridized carbons (Fsp3) is 0.562. The van der Waals surface area contributed by atoms with Gasteiger partial charge in [0.1, 0.15) is 12.2 Å². The van der Waals surface area contributed by atoms with E-state index in [1.807, 2.05) is 4.57 Å². The lowest BCUT2D eigenvalue weighted by Crippen LogP contribution is -2.25. The molecule has 1 atom stereocenters. The van der Waals surface area contributed by atoms with E-state index in [2.05, 4.69) is 35.4 Å². The Bertz CT molecular complexity index is 661. The summed E-state index contributed by atoms with van der Waals surface area (Å²) in [6, 6.07) is 2.08. The molecule has 0 aliphatic heterocycles. The summed E-state index contributed by atoms with van der Waals surface area (Å²) in [7, 11) is 0. The van der Waals surface area contributed by atoms with Crippen LogP contribution in [0.4, 0.5) is 0 Å². The largest absolute Gasteiger partial charge is 0.351 e. The number of hydrogen-bond donors (Lipinski definition) is 1. The van der Waals surface area contributed by atoms with E-state index in [1.54, 1.807) is 17.7 Å². The second kappa shape index (κ2) is 6.60. The van der Waals surface area contributed by atoms with Gasteiger partial charge < -0.3 is 9.88 Å². The monoisotopic (exact) mass is 318 g/mol. The van der Waals surface area contributed by atoms with Crippen molar-refractivity contribution < 1.29 is 4.79 Å². The second-order valence-electron chi connectivity index (χ2n) is 5.95. The first-order valence-corrected chi connectivity index (χ1v) is 8.75. The summed E-state index contributed by atoms with van der Waals surface area (Å²) in [5.41, 5.74) is 1.37. The van der Waals surface area contributed by atoms with E-state index in [9.17, 15) is 4.79 Å². The molecule has 0 fully saturated rings. The van der Waals surface area contributed by atoms with Crippen molar-refractivity contribution in [1.82, 2.24) is 20.1 Å². The first kappa shape index (κ1) is 15.2. The van der Waals surface area contributed by atoms with Crippen molar-refractivity contribution >= 4 is 17.2 Å². The Hall–Kier alpha value is -1.69. The van der Waals surface area contributed by atoms with Crippen molar-refractivity contribution in [3.8, 4) is 0 Å². The highest BCUT2D eigenvalue weighted by Gasteiger charge is 2.20. The zero-order valence-electron chi connectivity index (χ0n) is 13.1. The summed E-state index contributed by atoms with van der Waals surface area (Å²) in [5, 5.41) is 11.0. The third-order valence-corrected chi connectivity index (χ3v) is 5.46. The molecule has 1 aliphatic carbocycles. The first-order valence-electron chi connectivity index (χ1n) is 7.93. The van der Waals surface area contributed by atoms with Crippen LogP contribution in [0.2, 0.25) is 0 Å². The molecule has 2 aromatic rings. The van der Waals surface area contributed by atoms with Crippen LogP contribution < -0.4 is 5.32 Å². The van der Waals surface area contributed by atoms with Crippen molar-refractivity contribution in [2.24, 2.45) is 5.92 Å². The molecule has 1 unspecified atom stereocenters. The molecule has 0 aromatic carbocycles. The van der Waals surface area contributed by atoms with Crippen molar-refractivity contribution in [1.29, 1.82) is 0 Å². The molecule has 2 aromatic heterocycles. The number of fused-ring (bicyclic) bond motifs is 1. The van der Waals surface area contributed by atoms with Gasteiger partial charge >= 0.3 is 0 Å². The predicted octanol–water partition coefficient (Wildman–Crippen LogP) is 2.46. The molecule has 6 heteroatoms. The smallest absolute Gasteiger partial charge is 0.261 e. The van der Waals surface area contributed by atoms with Crippen molar-refractivity contribution in [2.45, 2.75) is 46.1 Å². The highest BCUT2D eigenvalue weighted by atomic mass is 32.1. The van der Waals surface area contributed by atoms with Crippen LogP contribution in [0, 0.1) is 5.92 Å². The average molecular weight is 318 g/mol. The van der Waals surface area contributed by atoms with Crippen LogP contribution in [-0.4, -0.2) is 27.2 Å². The van der Waals surface area contributed by atoms with Crippen LogP contribution in [-0.2, 0) is 25.8 Å². The molecule has 0 saturated carbocycles. The fourth-order valence-electron chi connectivity index (χ4n) is 2.93. The fourth-order valence-corrected chi connectivity index (χ4v) is 4.05. The maximum atomic E-state index is 12.3. The van der Waals surface area contributed by atoms with Gasteiger partial charge in [-0.15, -0.1) is 21.5 Å². The van der Waals surface area contributed by atoms with E-state index >= 15 is 0 Å². The number of carbonyl (C=O) groups is 1. The molecule has 1 amide bonds. The minimum Gasteiger partial charge on any atom is -0.351 e. The summed E-state index contributed by atoms with van der Waals surface area (Å²) < 4.78 is 2.00. The Kier molecular flexibility index (Phi) is 4.57. The molecule has 118 valence electrons. The molecule has 22 heavy (non-hydrogen) atoms. The quantitative estimate of drug-likeness (QED) is 0.921. The minimum absolute atomic E-state index is 0.0367. The van der Waals surface area contributed by atoms with Gasteiger partial charge in [-0.05, 0) is 43.7 Å². The highest BCUT2D eigenvalue weighted by molar-refractivity contribution is 7.14. The lowest BCUT2D eigenvalue weighted by Gasteiger charge is -2.16. The number of carbonyl (C=O) groups excluding carboxylic acids is 1. The van der Waals surface area contributed by atoms with Gasteiger partial charge in [0.2, 0.25) is 0 Å². The number of amides is 1. The van der Waals surface area contributed by atoms with Gasteiger partial charge in [0.25, 0.3) is 5.91 Å². The molecule has 5 nitrogen and oxygen atoms in total. The third kappa shape index (κ3) is 3.21. The van der Waals surface area contributed by atoms with E-state index in [0.717, 1.165) is 36.0 Å². The normalized spacial score (nSPS) is 17.3. The van der Waals surface area contributed by atoms with Gasteiger partial charge in [-0.1, -0.05) is 6.92 Å². The van der Waals surface area contributed by atoms with Gasteiger partial charge in [-0.3, -0.25) is 4.79 Å². The molecule has 1 aliphatic rings. The highest BCUT2D eigenvalue weighted by Crippen LogP contribution is 2.32. The van der Waals surface area contributed by atoms with Crippen LogP contribution in [0.1, 0.15) is 46.2 Å². The Morgan fingerprint density at radius 1 is 1.55 bits per heavy atom. The SMILES string of the molecule is CCn1cnnc1CCNC(=O)c1cc2c(s1)CCC(C)C2. The Balaban J connectivity index is 1.56. The number of aryl methyl sites for hydroxylation is 2. The molecular weight excluding hydrogens is 296 g/mol. The summed E-state index contributed by atoms with van der Waals surface area (Å²) in [6.45, 7) is 5.79. The van der Waals surface area contributed by atoms with E-state index < -0.39 is 0 Å². The van der Waals surface area contributed by atoms with Gasteiger partial charge in [-0.25, -0.2) is 0 Å². The van der Waals surface area contributed by atoms with Crippen LogP contribution in [0.5, 0.6) is 0 Å². The first-order chi connectivity index (χ1) is 10.7. The van der Waals surface area contributed by atoms with Gasteiger partial charge in [0.15, 0.2) is 0 Å². The number of aromatic nitrogens is 3. The molecule has 0 bridgehead atoms. The summed E-state index contributed by atoms with van der Waals surface area (Å²) >= 11 is 1.66. The molecule has 0 saturated heterocycles. The van der Waals surface area contributed by atoms with Crippen molar-refractivity contribution in [3.05, 3.63) is 33.5 Å². The second-order valence-corrected chi connectivity index (χ2v) is 7.08. The van der Waals surface area contributed by atoms with Crippen LogP contribution in [0.3, 0.4) is 0 Å². The van der Waals surface area contributed by atoms with Gasteiger partial charge in [0, 0.05) is 24.4 Å². The zero-order chi connectivity index (χ0) is 15.5. The lowest BCUT2D eigenvalue weighted by atomic mass is 9.90. The molecule has 0 radical (unpaired) electrons. The number of hydrogen-bond acceptors (Lipinski definition) is 4. The van der Waals surface area contributed by atoms with E-state index in [0.29, 0.717) is 13.0 Å². The number of thiophene rings is 1. The van der Waals surface area contributed by atoms with Gasteiger partial charge in [-0.2, -0.15) is 0 Å². The molecular formula is C16H22N4OS. The lowest BCUT2D eigenvalue weighted by molar-refractivity contribution is 0.0958. The van der Waals surface area contributed by atoms with Crippen molar-refractivity contribution in [3.63, 3.8) is 0 Å². The Morgan fingerprint density at radius 3 is 3.23 bits per heavy atom. The van der Waals surface area contributed by atoms with Crippen LogP contribution >= 0.6 is 11.3 Å². The average Bonchev–Trinajstić information content (AvgIpc) is 3.12. The van der Waals surface area contributed by atoms with E-state index in [1.165, 1.54) is 16.9 Å². The maximum absolute atomic E-state index is 12.3. The third-order valence-electron chi connectivity index (χ3n) is 4.22.